The quantitative estimate of drug-likeness (QED) is 0.700. The Morgan fingerprint density at radius 1 is 1.29 bits per heavy atom. The van der Waals surface area contributed by atoms with Gasteiger partial charge in [-0.25, -0.2) is 0 Å². The molecule has 0 atom stereocenters. The van der Waals surface area contributed by atoms with Gasteiger partial charge < -0.3 is 15.1 Å². The number of hydrogen-bond acceptors (Lipinski definition) is 3. The van der Waals surface area contributed by atoms with Crippen LogP contribution >= 0.6 is 0 Å². The Morgan fingerprint density at radius 2 is 1.93 bits per heavy atom. The van der Waals surface area contributed by atoms with E-state index >= 15 is 0 Å². The van der Waals surface area contributed by atoms with Crippen molar-refractivity contribution in [1.29, 1.82) is 0 Å². The van der Waals surface area contributed by atoms with Gasteiger partial charge in [0.05, 0.1) is 0 Å². The minimum absolute atomic E-state index is 0.762. The van der Waals surface area contributed by atoms with Gasteiger partial charge in [-0.1, -0.05) is 6.92 Å². The second-order valence-electron chi connectivity index (χ2n) is 4.47. The molecule has 0 aromatic rings. The molecule has 0 radical (unpaired) electrons. The molecule has 0 unspecified atom stereocenters. The van der Waals surface area contributed by atoms with Crippen molar-refractivity contribution in [3.63, 3.8) is 0 Å². The van der Waals surface area contributed by atoms with E-state index < -0.39 is 0 Å². The van der Waals surface area contributed by atoms with Crippen LogP contribution in [0.5, 0.6) is 0 Å². The first-order chi connectivity index (χ1) is 6.72. The Kier molecular flexibility index (Phi) is 5.45. The molecule has 0 aromatic heterocycles. The van der Waals surface area contributed by atoms with Crippen LogP contribution in [-0.4, -0.2) is 62.7 Å². The maximum Gasteiger partial charge on any atom is 0.0101 e. The molecule has 0 aromatic carbocycles. The molecular weight excluding hydrogens is 174 g/mol. The van der Waals surface area contributed by atoms with Gasteiger partial charge in [-0.05, 0) is 46.6 Å². The van der Waals surface area contributed by atoms with Crippen molar-refractivity contribution in [2.24, 2.45) is 0 Å². The molecule has 1 aliphatic heterocycles. The topological polar surface area (TPSA) is 18.5 Å². The summed E-state index contributed by atoms with van der Waals surface area (Å²) in [6.45, 7) is 8.29. The molecule has 1 aliphatic rings. The SMILES string of the molecule is CCN1CCC(NCCN(C)C)CC1. The summed E-state index contributed by atoms with van der Waals surface area (Å²) in [6, 6.07) is 0.762. The lowest BCUT2D eigenvalue weighted by molar-refractivity contribution is 0.204. The van der Waals surface area contributed by atoms with E-state index in [4.69, 9.17) is 0 Å². The van der Waals surface area contributed by atoms with Crippen LogP contribution in [0, 0.1) is 0 Å². The van der Waals surface area contributed by atoms with Gasteiger partial charge in [0.15, 0.2) is 0 Å². The molecule has 0 aliphatic carbocycles. The number of rotatable bonds is 5. The third kappa shape index (κ3) is 4.40. The lowest BCUT2D eigenvalue weighted by atomic mass is 10.1. The van der Waals surface area contributed by atoms with Crippen LogP contribution in [0.15, 0.2) is 0 Å². The fourth-order valence-corrected chi connectivity index (χ4v) is 1.95. The van der Waals surface area contributed by atoms with Gasteiger partial charge >= 0.3 is 0 Å². The number of nitrogens with one attached hydrogen (secondary N) is 1. The lowest BCUT2D eigenvalue weighted by Crippen LogP contribution is -2.43. The highest BCUT2D eigenvalue weighted by Gasteiger charge is 2.16. The number of likely N-dealkylation sites (N-methyl/N-ethyl adjacent to an activating group) is 1. The Labute approximate surface area is 88.5 Å². The zero-order valence-corrected chi connectivity index (χ0v) is 9.92. The molecule has 0 bridgehead atoms. The van der Waals surface area contributed by atoms with E-state index in [-0.39, 0.29) is 0 Å². The van der Waals surface area contributed by atoms with E-state index in [1.54, 1.807) is 0 Å². The molecular formula is C11H25N3. The summed E-state index contributed by atoms with van der Waals surface area (Å²) < 4.78 is 0. The maximum absolute atomic E-state index is 3.63. The van der Waals surface area contributed by atoms with E-state index in [9.17, 15) is 0 Å². The van der Waals surface area contributed by atoms with Crippen molar-refractivity contribution in [1.82, 2.24) is 15.1 Å². The van der Waals surface area contributed by atoms with Gasteiger partial charge in [-0.15, -0.1) is 0 Å². The summed E-state index contributed by atoms with van der Waals surface area (Å²) in [4.78, 5) is 4.76. The van der Waals surface area contributed by atoms with Crippen molar-refractivity contribution >= 4 is 0 Å². The Hall–Kier alpha value is -0.120. The number of nitrogens with zero attached hydrogens (tertiary/aromatic N) is 2. The average Bonchev–Trinajstić information content (AvgIpc) is 2.18. The summed E-state index contributed by atoms with van der Waals surface area (Å²) in [5, 5.41) is 3.63. The molecule has 3 heteroatoms. The molecule has 14 heavy (non-hydrogen) atoms. The minimum atomic E-state index is 0.762. The van der Waals surface area contributed by atoms with Gasteiger partial charge in [0.2, 0.25) is 0 Å². The smallest absolute Gasteiger partial charge is 0.0101 e. The van der Waals surface area contributed by atoms with Gasteiger partial charge in [-0.2, -0.15) is 0 Å². The summed E-state index contributed by atoms with van der Waals surface area (Å²) in [5.74, 6) is 0. The highest BCUT2D eigenvalue weighted by molar-refractivity contribution is 4.76. The van der Waals surface area contributed by atoms with Crippen LogP contribution in [0.3, 0.4) is 0 Å². The first-order valence-electron chi connectivity index (χ1n) is 5.83. The van der Waals surface area contributed by atoms with E-state index in [1.807, 2.05) is 0 Å². The van der Waals surface area contributed by atoms with Gasteiger partial charge in [0, 0.05) is 19.1 Å². The van der Waals surface area contributed by atoms with Crippen LogP contribution in [0.4, 0.5) is 0 Å². The van der Waals surface area contributed by atoms with Gasteiger partial charge in [0.25, 0.3) is 0 Å². The average molecular weight is 199 g/mol. The van der Waals surface area contributed by atoms with Gasteiger partial charge in [-0.3, -0.25) is 0 Å². The summed E-state index contributed by atoms with van der Waals surface area (Å²) in [7, 11) is 4.25. The molecule has 0 saturated carbocycles. The molecule has 0 spiro atoms. The molecule has 3 nitrogen and oxygen atoms in total. The molecule has 1 rings (SSSR count). The molecule has 84 valence electrons. The Morgan fingerprint density at radius 3 is 2.43 bits per heavy atom. The third-order valence-corrected chi connectivity index (χ3v) is 3.03. The molecule has 1 N–H and O–H groups in total. The van der Waals surface area contributed by atoms with Crippen LogP contribution < -0.4 is 5.32 Å². The lowest BCUT2D eigenvalue weighted by Gasteiger charge is -2.31. The summed E-state index contributed by atoms with van der Waals surface area (Å²) >= 11 is 0. The predicted octanol–water partition coefficient (Wildman–Crippen LogP) is 0.622. The highest BCUT2D eigenvalue weighted by atomic mass is 15.1. The van der Waals surface area contributed by atoms with Crippen LogP contribution in [0.1, 0.15) is 19.8 Å². The highest BCUT2D eigenvalue weighted by Crippen LogP contribution is 2.09. The second-order valence-corrected chi connectivity index (χ2v) is 4.47. The van der Waals surface area contributed by atoms with Gasteiger partial charge in [0.1, 0.15) is 0 Å². The fourth-order valence-electron chi connectivity index (χ4n) is 1.95. The molecule has 1 heterocycles. The minimum Gasteiger partial charge on any atom is -0.313 e. The fraction of sp³-hybridized carbons (Fsp3) is 1.00. The van der Waals surface area contributed by atoms with E-state index in [2.05, 4.69) is 36.1 Å². The Bertz CT molecular complexity index is 139. The van der Waals surface area contributed by atoms with E-state index in [0.717, 1.165) is 19.1 Å². The monoisotopic (exact) mass is 199 g/mol. The summed E-state index contributed by atoms with van der Waals surface area (Å²) in [6.07, 6.45) is 2.64. The standard InChI is InChI=1S/C11H25N3/c1-4-14-8-5-11(6-9-14)12-7-10-13(2)3/h11-12H,4-10H2,1-3H3. The first-order valence-corrected chi connectivity index (χ1v) is 5.83. The number of piperidine rings is 1. The third-order valence-electron chi connectivity index (χ3n) is 3.03. The van der Waals surface area contributed by atoms with E-state index in [1.165, 1.54) is 32.5 Å². The number of likely N-dealkylation sites (tertiary alicyclic amines) is 1. The zero-order chi connectivity index (χ0) is 10.4. The normalized spacial score (nSPS) is 20.6. The van der Waals surface area contributed by atoms with Crippen LogP contribution in [0.25, 0.3) is 0 Å². The van der Waals surface area contributed by atoms with Crippen molar-refractivity contribution < 1.29 is 0 Å². The Balaban J connectivity index is 2.04. The first kappa shape index (κ1) is 12.0. The van der Waals surface area contributed by atoms with E-state index in [0.29, 0.717) is 0 Å². The molecule has 1 saturated heterocycles. The van der Waals surface area contributed by atoms with Crippen molar-refractivity contribution in [3.05, 3.63) is 0 Å². The predicted molar refractivity (Wildman–Crippen MR) is 61.7 cm³/mol. The largest absolute Gasteiger partial charge is 0.313 e. The molecule has 0 amide bonds. The van der Waals surface area contributed by atoms with Crippen molar-refractivity contribution in [2.75, 3.05) is 46.8 Å². The molecule has 1 fully saturated rings. The van der Waals surface area contributed by atoms with Crippen molar-refractivity contribution in [2.45, 2.75) is 25.8 Å². The second kappa shape index (κ2) is 6.38. The number of hydrogen-bond donors (Lipinski definition) is 1. The van der Waals surface area contributed by atoms with Crippen LogP contribution in [-0.2, 0) is 0 Å². The van der Waals surface area contributed by atoms with Crippen LogP contribution in [0.2, 0.25) is 0 Å². The van der Waals surface area contributed by atoms with Crippen molar-refractivity contribution in [3.8, 4) is 0 Å². The maximum atomic E-state index is 3.63. The summed E-state index contributed by atoms with van der Waals surface area (Å²) in [5.41, 5.74) is 0. The zero-order valence-electron chi connectivity index (χ0n) is 9.92.